The van der Waals surface area contributed by atoms with Gasteiger partial charge in [-0.05, 0) is 50.3 Å². The maximum atomic E-state index is 12.8. The molecule has 1 fully saturated rings. The summed E-state index contributed by atoms with van der Waals surface area (Å²) in [5, 5.41) is 1.88. The second-order valence-electron chi connectivity index (χ2n) is 7.04. The molecule has 154 valence electrons. The van der Waals surface area contributed by atoms with Crippen molar-refractivity contribution in [3.63, 3.8) is 0 Å². The lowest BCUT2D eigenvalue weighted by Gasteiger charge is -2.31. The van der Waals surface area contributed by atoms with Gasteiger partial charge in [0.05, 0.1) is 10.8 Å². The standard InChI is InChI=1S/C22H26N2O4S/c1-3-24(18-8-5-4-6-9-18)20(25)16(2)28-22(27)17-11-13-23(14-12-17)21(26)19-10-7-15-29-19/h4-10,15-17H,3,11-14H2,1-2H3/t16-/m1/s1. The van der Waals surface area contributed by atoms with Crippen LogP contribution in [0.5, 0.6) is 0 Å². The van der Waals surface area contributed by atoms with E-state index in [4.69, 9.17) is 4.74 Å². The lowest BCUT2D eigenvalue weighted by Crippen LogP contribution is -2.43. The number of benzene rings is 1. The van der Waals surface area contributed by atoms with E-state index >= 15 is 0 Å². The first kappa shape index (κ1) is 21.0. The van der Waals surface area contributed by atoms with E-state index in [0.29, 0.717) is 37.4 Å². The molecule has 29 heavy (non-hydrogen) atoms. The van der Waals surface area contributed by atoms with Crippen molar-refractivity contribution in [3.05, 3.63) is 52.7 Å². The van der Waals surface area contributed by atoms with E-state index in [1.807, 2.05) is 54.8 Å². The fourth-order valence-corrected chi connectivity index (χ4v) is 4.18. The van der Waals surface area contributed by atoms with Gasteiger partial charge in [-0.15, -0.1) is 11.3 Å². The van der Waals surface area contributed by atoms with Crippen LogP contribution in [0.1, 0.15) is 36.4 Å². The van der Waals surface area contributed by atoms with Gasteiger partial charge in [0, 0.05) is 25.3 Å². The van der Waals surface area contributed by atoms with Crippen LogP contribution in [0.2, 0.25) is 0 Å². The smallest absolute Gasteiger partial charge is 0.309 e. The number of esters is 1. The number of likely N-dealkylation sites (tertiary alicyclic amines) is 1. The van der Waals surface area contributed by atoms with Gasteiger partial charge >= 0.3 is 5.97 Å². The van der Waals surface area contributed by atoms with Crippen molar-refractivity contribution in [2.75, 3.05) is 24.5 Å². The molecular weight excluding hydrogens is 388 g/mol. The molecule has 0 saturated carbocycles. The Kier molecular flexibility index (Phi) is 7.04. The number of para-hydroxylation sites is 1. The van der Waals surface area contributed by atoms with Crippen LogP contribution in [0.25, 0.3) is 0 Å². The van der Waals surface area contributed by atoms with Crippen LogP contribution in [0.15, 0.2) is 47.8 Å². The number of carbonyl (C=O) groups excluding carboxylic acids is 3. The van der Waals surface area contributed by atoms with E-state index in [9.17, 15) is 14.4 Å². The van der Waals surface area contributed by atoms with Gasteiger partial charge in [0.1, 0.15) is 0 Å². The zero-order valence-corrected chi connectivity index (χ0v) is 17.6. The lowest BCUT2D eigenvalue weighted by atomic mass is 9.97. The molecule has 0 bridgehead atoms. The van der Waals surface area contributed by atoms with E-state index in [2.05, 4.69) is 0 Å². The van der Waals surface area contributed by atoms with E-state index in [0.717, 1.165) is 5.69 Å². The average Bonchev–Trinajstić information content (AvgIpc) is 3.29. The monoisotopic (exact) mass is 414 g/mol. The number of ether oxygens (including phenoxy) is 1. The quantitative estimate of drug-likeness (QED) is 0.678. The molecule has 1 aliphatic heterocycles. The van der Waals surface area contributed by atoms with Crippen molar-refractivity contribution < 1.29 is 19.1 Å². The van der Waals surface area contributed by atoms with Gasteiger partial charge in [-0.2, -0.15) is 0 Å². The molecule has 0 spiro atoms. The molecule has 1 aliphatic rings. The topological polar surface area (TPSA) is 66.9 Å². The number of thiophene rings is 1. The Balaban J connectivity index is 1.52. The van der Waals surface area contributed by atoms with Crippen LogP contribution in [-0.4, -0.2) is 48.4 Å². The van der Waals surface area contributed by atoms with Gasteiger partial charge in [-0.3, -0.25) is 14.4 Å². The molecule has 1 atom stereocenters. The van der Waals surface area contributed by atoms with Gasteiger partial charge in [0.25, 0.3) is 11.8 Å². The summed E-state index contributed by atoms with van der Waals surface area (Å²) < 4.78 is 5.49. The molecule has 3 rings (SSSR count). The van der Waals surface area contributed by atoms with Gasteiger partial charge < -0.3 is 14.5 Å². The van der Waals surface area contributed by atoms with Gasteiger partial charge in [0.2, 0.25) is 0 Å². The Hall–Kier alpha value is -2.67. The van der Waals surface area contributed by atoms with Crippen molar-refractivity contribution in [2.24, 2.45) is 5.92 Å². The van der Waals surface area contributed by atoms with Crippen LogP contribution in [0.4, 0.5) is 5.69 Å². The lowest BCUT2D eigenvalue weighted by molar-refractivity contribution is -0.159. The van der Waals surface area contributed by atoms with Crippen molar-refractivity contribution in [2.45, 2.75) is 32.8 Å². The van der Waals surface area contributed by atoms with Crippen LogP contribution >= 0.6 is 11.3 Å². The van der Waals surface area contributed by atoms with Crippen molar-refractivity contribution in [3.8, 4) is 0 Å². The summed E-state index contributed by atoms with van der Waals surface area (Å²) in [6.07, 6.45) is 0.244. The third kappa shape index (κ3) is 5.03. The van der Waals surface area contributed by atoms with E-state index in [-0.39, 0.29) is 23.7 Å². The number of hydrogen-bond acceptors (Lipinski definition) is 5. The maximum Gasteiger partial charge on any atom is 0.309 e. The number of nitrogens with zero attached hydrogens (tertiary/aromatic N) is 2. The molecule has 1 aromatic carbocycles. The fraction of sp³-hybridized carbons (Fsp3) is 0.409. The molecule has 1 aromatic heterocycles. The van der Waals surface area contributed by atoms with Gasteiger partial charge in [-0.1, -0.05) is 24.3 Å². The highest BCUT2D eigenvalue weighted by atomic mass is 32.1. The van der Waals surface area contributed by atoms with E-state index < -0.39 is 6.10 Å². The number of likely N-dealkylation sites (N-methyl/N-ethyl adjacent to an activating group) is 1. The number of amides is 2. The molecule has 0 N–H and O–H groups in total. The maximum absolute atomic E-state index is 12.8. The predicted molar refractivity (Wildman–Crippen MR) is 113 cm³/mol. The predicted octanol–water partition coefficient (Wildman–Crippen LogP) is 3.59. The number of piperidine rings is 1. The van der Waals surface area contributed by atoms with Crippen molar-refractivity contribution >= 4 is 34.8 Å². The summed E-state index contributed by atoms with van der Waals surface area (Å²) in [7, 11) is 0. The van der Waals surface area contributed by atoms with Gasteiger partial charge in [0.15, 0.2) is 6.10 Å². The Labute approximate surface area is 175 Å². The molecule has 6 nitrogen and oxygen atoms in total. The zero-order valence-electron chi connectivity index (χ0n) is 16.7. The first-order chi connectivity index (χ1) is 14.0. The summed E-state index contributed by atoms with van der Waals surface area (Å²) >= 11 is 1.42. The summed E-state index contributed by atoms with van der Waals surface area (Å²) in [4.78, 5) is 41.9. The SMILES string of the molecule is CCN(C(=O)[C@@H](C)OC(=O)C1CCN(C(=O)c2cccs2)CC1)c1ccccc1. The second kappa shape index (κ2) is 9.69. The largest absolute Gasteiger partial charge is 0.452 e. The Morgan fingerprint density at radius 2 is 1.83 bits per heavy atom. The fourth-order valence-electron chi connectivity index (χ4n) is 3.49. The minimum atomic E-state index is -0.853. The molecular formula is C22H26N2O4S. The molecule has 7 heteroatoms. The van der Waals surface area contributed by atoms with Crippen molar-refractivity contribution in [1.82, 2.24) is 4.90 Å². The number of rotatable bonds is 6. The van der Waals surface area contributed by atoms with Crippen LogP contribution in [0.3, 0.4) is 0 Å². The van der Waals surface area contributed by atoms with E-state index in [1.54, 1.807) is 16.7 Å². The summed E-state index contributed by atoms with van der Waals surface area (Å²) in [6, 6.07) is 13.0. The molecule has 0 radical (unpaired) electrons. The normalized spacial score (nSPS) is 15.6. The van der Waals surface area contributed by atoms with Crippen LogP contribution < -0.4 is 4.90 Å². The summed E-state index contributed by atoms with van der Waals surface area (Å²) in [5.74, 6) is -0.878. The minimum Gasteiger partial charge on any atom is -0.452 e. The van der Waals surface area contributed by atoms with Crippen molar-refractivity contribution in [1.29, 1.82) is 0 Å². The highest BCUT2D eigenvalue weighted by Crippen LogP contribution is 2.23. The molecule has 0 unspecified atom stereocenters. The zero-order chi connectivity index (χ0) is 20.8. The third-order valence-electron chi connectivity index (χ3n) is 5.14. The second-order valence-corrected chi connectivity index (χ2v) is 7.99. The first-order valence-corrected chi connectivity index (χ1v) is 10.8. The Bertz CT molecular complexity index is 830. The molecule has 1 saturated heterocycles. The van der Waals surface area contributed by atoms with Gasteiger partial charge in [-0.25, -0.2) is 0 Å². The minimum absolute atomic E-state index is 0.0109. The van der Waals surface area contributed by atoms with Crippen LogP contribution in [0, 0.1) is 5.92 Å². The average molecular weight is 415 g/mol. The number of carbonyl (C=O) groups is 3. The number of anilines is 1. The Morgan fingerprint density at radius 3 is 2.41 bits per heavy atom. The molecule has 2 amide bonds. The molecule has 2 aromatic rings. The third-order valence-corrected chi connectivity index (χ3v) is 6.00. The highest BCUT2D eigenvalue weighted by Gasteiger charge is 2.32. The Morgan fingerprint density at radius 1 is 1.14 bits per heavy atom. The summed E-state index contributed by atoms with van der Waals surface area (Å²) in [5.41, 5.74) is 0.781. The first-order valence-electron chi connectivity index (χ1n) is 9.91. The molecule has 2 heterocycles. The van der Waals surface area contributed by atoms with Crippen LogP contribution in [-0.2, 0) is 14.3 Å². The highest BCUT2D eigenvalue weighted by molar-refractivity contribution is 7.12. The summed E-state index contributed by atoms with van der Waals surface area (Å²) in [6.45, 7) is 5.03. The molecule has 0 aliphatic carbocycles. The van der Waals surface area contributed by atoms with E-state index in [1.165, 1.54) is 11.3 Å². The number of hydrogen-bond donors (Lipinski definition) is 0.